The van der Waals surface area contributed by atoms with Crippen LogP contribution in [0.1, 0.15) is 33.6 Å². The average Bonchev–Trinajstić information content (AvgIpc) is 2.20. The number of oxime groups is 1. The van der Waals surface area contributed by atoms with Crippen molar-refractivity contribution in [2.45, 2.75) is 45.3 Å². The number of nitrogens with zero attached hydrogens (tertiary/aromatic N) is 1. The molecule has 0 aliphatic carbocycles. The minimum atomic E-state index is -1.000. The van der Waals surface area contributed by atoms with Gasteiger partial charge in [0, 0.05) is 6.54 Å². The van der Waals surface area contributed by atoms with Crippen LogP contribution in [-0.4, -0.2) is 40.5 Å². The van der Waals surface area contributed by atoms with E-state index in [-0.39, 0.29) is 5.84 Å². The first-order valence-electron chi connectivity index (χ1n) is 5.38. The van der Waals surface area contributed by atoms with Crippen LogP contribution in [0.25, 0.3) is 0 Å². The molecule has 17 heavy (non-hydrogen) atoms. The highest BCUT2D eigenvalue weighted by molar-refractivity contribution is 5.83. The molecule has 0 heterocycles. The number of hydrogen-bond donors (Lipinski definition) is 4. The van der Waals surface area contributed by atoms with Crippen LogP contribution in [0.5, 0.6) is 0 Å². The van der Waals surface area contributed by atoms with Gasteiger partial charge in [-0.2, -0.15) is 0 Å². The summed E-state index contributed by atoms with van der Waals surface area (Å²) in [6, 6.07) is 0. The van der Waals surface area contributed by atoms with Gasteiger partial charge in [0.15, 0.2) is 5.84 Å². The average molecular weight is 247 g/mol. The molecule has 0 aromatic rings. The molecule has 100 valence electrons. The fourth-order valence-corrected chi connectivity index (χ4v) is 1.01. The molecule has 0 saturated carbocycles. The summed E-state index contributed by atoms with van der Waals surface area (Å²) in [6.07, 6.45) is -0.710. The van der Waals surface area contributed by atoms with E-state index < -0.39 is 17.8 Å². The lowest BCUT2D eigenvalue weighted by Gasteiger charge is -2.19. The lowest BCUT2D eigenvalue weighted by atomic mass is 10.2. The van der Waals surface area contributed by atoms with Crippen molar-refractivity contribution in [3.63, 3.8) is 0 Å². The second kappa shape index (κ2) is 6.95. The number of nitrogens with one attached hydrogen (secondary N) is 1. The lowest BCUT2D eigenvalue weighted by Crippen LogP contribution is -2.34. The Bertz CT molecular complexity index is 273. The molecule has 0 unspecified atom stereocenters. The van der Waals surface area contributed by atoms with Gasteiger partial charge in [-0.1, -0.05) is 5.16 Å². The third-order valence-electron chi connectivity index (χ3n) is 1.78. The van der Waals surface area contributed by atoms with Gasteiger partial charge in [0.2, 0.25) is 0 Å². The lowest BCUT2D eigenvalue weighted by molar-refractivity contribution is 0.0525. The number of carbonyl (C=O) groups is 1. The number of carbonyl (C=O) groups excluding carboxylic acids is 1. The molecule has 0 spiro atoms. The predicted molar refractivity (Wildman–Crippen MR) is 62.9 cm³/mol. The van der Waals surface area contributed by atoms with Crippen molar-refractivity contribution in [3.05, 3.63) is 0 Å². The van der Waals surface area contributed by atoms with Gasteiger partial charge in [-0.05, 0) is 33.6 Å². The molecule has 7 heteroatoms. The van der Waals surface area contributed by atoms with Crippen LogP contribution in [0.4, 0.5) is 4.79 Å². The number of amides is 1. The number of hydrogen-bond acceptors (Lipinski definition) is 5. The van der Waals surface area contributed by atoms with Crippen molar-refractivity contribution in [1.82, 2.24) is 5.32 Å². The fourth-order valence-electron chi connectivity index (χ4n) is 1.01. The van der Waals surface area contributed by atoms with E-state index in [1.807, 2.05) is 0 Å². The summed E-state index contributed by atoms with van der Waals surface area (Å²) in [7, 11) is 0. The Balaban J connectivity index is 3.69. The fraction of sp³-hybridized carbons (Fsp3) is 0.800. The van der Waals surface area contributed by atoms with Gasteiger partial charge in [-0.3, -0.25) is 0 Å². The Morgan fingerprint density at radius 1 is 1.53 bits per heavy atom. The number of aliphatic hydroxyl groups is 1. The Morgan fingerprint density at radius 3 is 2.59 bits per heavy atom. The molecule has 0 aromatic heterocycles. The SMILES string of the molecule is CC(C)(C)OC(=O)NCCC[C@H](O)C(N)=NO. The standard InChI is InChI=1S/C10H21N3O4/c1-10(2,3)17-9(15)12-6-4-5-7(14)8(11)13-16/h7,14,16H,4-6H2,1-3H3,(H2,11,13)(H,12,15)/t7-/m0/s1. The van der Waals surface area contributed by atoms with Crippen molar-refractivity contribution in [3.8, 4) is 0 Å². The van der Waals surface area contributed by atoms with E-state index in [1.54, 1.807) is 20.8 Å². The van der Waals surface area contributed by atoms with E-state index in [0.717, 1.165) is 0 Å². The maximum atomic E-state index is 11.2. The van der Waals surface area contributed by atoms with Crippen LogP contribution in [0.3, 0.4) is 0 Å². The zero-order chi connectivity index (χ0) is 13.5. The normalized spacial score (nSPS) is 14.2. The summed E-state index contributed by atoms with van der Waals surface area (Å²) >= 11 is 0. The van der Waals surface area contributed by atoms with E-state index in [2.05, 4.69) is 10.5 Å². The summed E-state index contributed by atoms with van der Waals surface area (Å²) in [5.74, 6) is -0.234. The highest BCUT2D eigenvalue weighted by Gasteiger charge is 2.15. The minimum Gasteiger partial charge on any atom is -0.444 e. The molecule has 5 N–H and O–H groups in total. The highest BCUT2D eigenvalue weighted by atomic mass is 16.6. The third kappa shape index (κ3) is 8.32. The highest BCUT2D eigenvalue weighted by Crippen LogP contribution is 2.06. The number of aliphatic hydroxyl groups excluding tert-OH is 1. The largest absolute Gasteiger partial charge is 0.444 e. The molecule has 1 amide bonds. The van der Waals surface area contributed by atoms with Crippen LogP contribution >= 0.6 is 0 Å². The molecule has 0 aliphatic rings. The molecule has 0 aliphatic heterocycles. The third-order valence-corrected chi connectivity index (χ3v) is 1.78. The molecule has 1 atom stereocenters. The van der Waals surface area contributed by atoms with Crippen LogP contribution in [0.15, 0.2) is 5.16 Å². The summed E-state index contributed by atoms with van der Waals surface area (Å²) in [5, 5.41) is 22.8. The van der Waals surface area contributed by atoms with E-state index in [4.69, 9.17) is 15.7 Å². The summed E-state index contributed by atoms with van der Waals surface area (Å²) in [6.45, 7) is 5.67. The Kier molecular flexibility index (Phi) is 6.34. The molecule has 0 fully saturated rings. The number of alkyl carbamates (subject to hydrolysis) is 1. The quantitative estimate of drug-likeness (QED) is 0.184. The van der Waals surface area contributed by atoms with E-state index in [9.17, 15) is 9.90 Å². The van der Waals surface area contributed by atoms with Crippen LogP contribution in [0.2, 0.25) is 0 Å². The summed E-state index contributed by atoms with van der Waals surface area (Å²) in [4.78, 5) is 11.2. The Hall–Kier alpha value is -1.50. The summed E-state index contributed by atoms with van der Waals surface area (Å²) in [5.41, 5.74) is 4.65. The minimum absolute atomic E-state index is 0.234. The Labute approximate surface area is 101 Å². The maximum Gasteiger partial charge on any atom is 0.407 e. The smallest absolute Gasteiger partial charge is 0.407 e. The molecule has 0 saturated heterocycles. The zero-order valence-corrected chi connectivity index (χ0v) is 10.4. The second-order valence-corrected chi connectivity index (χ2v) is 4.61. The molecule has 0 bridgehead atoms. The second-order valence-electron chi connectivity index (χ2n) is 4.61. The van der Waals surface area contributed by atoms with Gasteiger partial charge < -0.3 is 26.1 Å². The molecular weight excluding hydrogens is 226 g/mol. The molecule has 0 aromatic carbocycles. The molecule has 0 rings (SSSR count). The monoisotopic (exact) mass is 247 g/mol. The number of amidine groups is 1. The van der Waals surface area contributed by atoms with Gasteiger partial charge in [0.05, 0.1) is 0 Å². The Morgan fingerprint density at radius 2 is 2.12 bits per heavy atom. The predicted octanol–water partition coefficient (Wildman–Crippen LogP) is 0.399. The number of ether oxygens (including phenoxy) is 1. The topological polar surface area (TPSA) is 117 Å². The van der Waals surface area contributed by atoms with Crippen molar-refractivity contribution in [2.24, 2.45) is 10.9 Å². The zero-order valence-electron chi connectivity index (χ0n) is 10.4. The van der Waals surface area contributed by atoms with Crippen molar-refractivity contribution >= 4 is 11.9 Å². The van der Waals surface area contributed by atoms with E-state index in [1.165, 1.54) is 0 Å². The van der Waals surface area contributed by atoms with Gasteiger partial charge in [-0.15, -0.1) is 0 Å². The van der Waals surface area contributed by atoms with Crippen LogP contribution < -0.4 is 11.1 Å². The van der Waals surface area contributed by atoms with E-state index >= 15 is 0 Å². The van der Waals surface area contributed by atoms with Crippen molar-refractivity contribution in [1.29, 1.82) is 0 Å². The van der Waals surface area contributed by atoms with Gasteiger partial charge in [0.25, 0.3) is 0 Å². The number of nitrogens with two attached hydrogens (primary N) is 1. The first-order chi connectivity index (χ1) is 7.76. The first kappa shape index (κ1) is 15.5. The number of rotatable bonds is 5. The van der Waals surface area contributed by atoms with Gasteiger partial charge in [0.1, 0.15) is 11.7 Å². The molecule has 7 nitrogen and oxygen atoms in total. The van der Waals surface area contributed by atoms with Crippen molar-refractivity contribution in [2.75, 3.05) is 6.54 Å². The van der Waals surface area contributed by atoms with E-state index in [0.29, 0.717) is 19.4 Å². The van der Waals surface area contributed by atoms with Crippen LogP contribution in [0, 0.1) is 0 Å². The van der Waals surface area contributed by atoms with Gasteiger partial charge >= 0.3 is 6.09 Å². The van der Waals surface area contributed by atoms with Crippen molar-refractivity contribution < 1.29 is 19.8 Å². The van der Waals surface area contributed by atoms with Crippen LogP contribution in [-0.2, 0) is 4.74 Å². The maximum absolute atomic E-state index is 11.2. The van der Waals surface area contributed by atoms with Gasteiger partial charge in [-0.25, -0.2) is 4.79 Å². The first-order valence-corrected chi connectivity index (χ1v) is 5.38. The molecular formula is C10H21N3O4. The molecule has 0 radical (unpaired) electrons. The summed E-state index contributed by atoms with van der Waals surface area (Å²) < 4.78 is 5.01.